The van der Waals surface area contributed by atoms with Crippen LogP contribution in [0.25, 0.3) is 10.9 Å². The van der Waals surface area contributed by atoms with Crippen LogP contribution in [0.15, 0.2) is 72.2 Å². The van der Waals surface area contributed by atoms with E-state index in [-0.39, 0.29) is 64.1 Å². The first kappa shape index (κ1) is 55.4. The Morgan fingerprint density at radius 1 is 0.778 bits per heavy atom. The number of nitrogens with one attached hydrogen (secondary N) is 10. The van der Waals surface area contributed by atoms with E-state index in [1.807, 2.05) is 31.2 Å². The molecule has 0 spiro atoms. The number of rotatable bonds is 16. The molecule has 388 valence electrons. The molecular weight excluding hydrogens is 948 g/mol. The molecule has 1 aliphatic rings. The number of nitrogens with two attached hydrogens (primary N) is 2. The fraction of sp³-hybridized carbons (Fsp3) is 0.469. The number of halogens is 1. The average molecular weight is 1020 g/mol. The summed E-state index contributed by atoms with van der Waals surface area (Å²) in [5.41, 5.74) is 13.8. The van der Waals surface area contributed by atoms with E-state index in [4.69, 9.17) is 23.1 Å². The number of H-pyrrole nitrogens is 2. The second kappa shape index (κ2) is 28.4. The summed E-state index contributed by atoms with van der Waals surface area (Å²) in [6.45, 7) is 3.72. The Labute approximate surface area is 422 Å². The van der Waals surface area contributed by atoms with Crippen molar-refractivity contribution >= 4 is 75.7 Å². The molecule has 8 amide bonds. The van der Waals surface area contributed by atoms with Crippen molar-refractivity contribution in [3.63, 3.8) is 0 Å². The van der Waals surface area contributed by atoms with Gasteiger partial charge in [-0.25, -0.2) is 4.98 Å². The number of benzene rings is 2. The van der Waals surface area contributed by atoms with Gasteiger partial charge in [-0.05, 0) is 67.9 Å². The monoisotopic (exact) mass is 1010 g/mol. The normalized spacial score (nSPS) is 20.6. The highest BCUT2D eigenvalue weighted by atomic mass is 35.5. The van der Waals surface area contributed by atoms with Crippen LogP contribution in [0.5, 0.6) is 0 Å². The SMILES string of the molecule is CCCC[C@H](NC(C)=O)C(=O)N[C@H]1CC(=O)NCCCCCNC(=O)[C@H](Cc2c[nH]c3ccccc23)NC(=O)[C@H](CCCN=C(N)N)NC(=O)[C@@H](Cc2ccc(Cl)cc2)NC(=O)[C@H](Cc2cnc[nH]2)NC1=O. The fourth-order valence-corrected chi connectivity index (χ4v) is 8.26. The minimum atomic E-state index is -1.52. The number of aromatic amines is 2. The lowest BCUT2D eigenvalue weighted by Crippen LogP contribution is -2.60. The summed E-state index contributed by atoms with van der Waals surface area (Å²) in [5, 5.41) is 23.3. The molecule has 3 heterocycles. The molecule has 1 aliphatic heterocycles. The first-order valence-corrected chi connectivity index (χ1v) is 24.6. The summed E-state index contributed by atoms with van der Waals surface area (Å²) >= 11 is 6.21. The maximum absolute atomic E-state index is 14.7. The maximum atomic E-state index is 14.7. The summed E-state index contributed by atoms with van der Waals surface area (Å²) in [6, 6.07) is 6.34. The quantitative estimate of drug-likeness (QED) is 0.0418. The molecule has 22 nitrogen and oxygen atoms in total. The number of guanidine groups is 1. The zero-order chi connectivity index (χ0) is 52.0. The van der Waals surface area contributed by atoms with E-state index in [1.54, 1.807) is 30.5 Å². The van der Waals surface area contributed by atoms with Gasteiger partial charge in [-0.15, -0.1) is 0 Å². The molecule has 6 atom stereocenters. The Bertz CT molecular complexity index is 2490. The first-order chi connectivity index (χ1) is 34.6. The van der Waals surface area contributed by atoms with E-state index in [9.17, 15) is 38.4 Å². The summed E-state index contributed by atoms with van der Waals surface area (Å²) in [5.74, 6) is -5.62. The molecule has 2 aromatic carbocycles. The Morgan fingerprint density at radius 3 is 2.11 bits per heavy atom. The number of unbranched alkanes of at least 4 members (excludes halogenated alkanes) is 1. The molecule has 4 aromatic rings. The summed E-state index contributed by atoms with van der Waals surface area (Å²) in [4.78, 5) is 126. The first-order valence-electron chi connectivity index (χ1n) is 24.3. The number of amides is 8. The van der Waals surface area contributed by atoms with Crippen molar-refractivity contribution in [2.75, 3.05) is 19.6 Å². The molecule has 0 bridgehead atoms. The van der Waals surface area contributed by atoms with E-state index in [1.165, 1.54) is 19.4 Å². The number of carbonyl (C=O) groups is 8. The van der Waals surface area contributed by atoms with Crippen LogP contribution in [0.2, 0.25) is 5.02 Å². The van der Waals surface area contributed by atoms with E-state index < -0.39 is 89.9 Å². The van der Waals surface area contributed by atoms with E-state index in [2.05, 4.69) is 62.5 Å². The van der Waals surface area contributed by atoms with Crippen molar-refractivity contribution < 1.29 is 38.4 Å². The van der Waals surface area contributed by atoms with Crippen LogP contribution in [0, 0.1) is 0 Å². The maximum Gasteiger partial charge on any atom is 0.243 e. The number of carbonyl (C=O) groups excluding carboxylic acids is 8. The third kappa shape index (κ3) is 18.0. The number of fused-ring (bicyclic) bond motifs is 1. The van der Waals surface area contributed by atoms with Gasteiger partial charge in [0.2, 0.25) is 47.3 Å². The van der Waals surface area contributed by atoms with Crippen LogP contribution >= 0.6 is 11.6 Å². The molecule has 14 N–H and O–H groups in total. The van der Waals surface area contributed by atoms with Crippen LogP contribution in [-0.4, -0.2) is 124 Å². The largest absolute Gasteiger partial charge is 0.370 e. The zero-order valence-corrected chi connectivity index (χ0v) is 41.4. The highest BCUT2D eigenvalue weighted by molar-refractivity contribution is 6.30. The molecule has 1 saturated heterocycles. The van der Waals surface area contributed by atoms with Gasteiger partial charge in [0.25, 0.3) is 0 Å². The highest BCUT2D eigenvalue weighted by Gasteiger charge is 2.35. The van der Waals surface area contributed by atoms with E-state index in [0.717, 1.165) is 16.5 Å². The van der Waals surface area contributed by atoms with Crippen LogP contribution in [0.4, 0.5) is 0 Å². The fourth-order valence-electron chi connectivity index (χ4n) is 8.13. The minimum absolute atomic E-state index is 0.0109. The Balaban J connectivity index is 1.52. The van der Waals surface area contributed by atoms with Gasteiger partial charge >= 0.3 is 0 Å². The van der Waals surface area contributed by atoms with Crippen LogP contribution in [0.3, 0.4) is 0 Å². The lowest BCUT2D eigenvalue weighted by atomic mass is 10.0. The van der Waals surface area contributed by atoms with Crippen molar-refractivity contribution in [2.45, 2.75) is 127 Å². The van der Waals surface area contributed by atoms with Crippen LogP contribution in [-0.2, 0) is 57.6 Å². The van der Waals surface area contributed by atoms with E-state index in [0.29, 0.717) is 48.4 Å². The van der Waals surface area contributed by atoms with Crippen molar-refractivity contribution in [3.05, 3.63) is 89.1 Å². The molecule has 1 fully saturated rings. The average Bonchev–Trinajstić information content (AvgIpc) is 4.02. The highest BCUT2D eigenvalue weighted by Crippen LogP contribution is 2.20. The van der Waals surface area contributed by atoms with Crippen LogP contribution in [0.1, 0.15) is 88.5 Å². The van der Waals surface area contributed by atoms with Gasteiger partial charge in [0, 0.05) is 79.8 Å². The molecule has 0 unspecified atom stereocenters. The number of nitrogens with zero attached hydrogens (tertiary/aromatic N) is 2. The summed E-state index contributed by atoms with van der Waals surface area (Å²) in [6.07, 6.45) is 7.21. The topological polar surface area (TPSA) is 342 Å². The lowest BCUT2D eigenvalue weighted by molar-refractivity contribution is -0.136. The van der Waals surface area contributed by atoms with Gasteiger partial charge in [0.15, 0.2) is 5.96 Å². The number of hydrogen-bond acceptors (Lipinski definition) is 10. The molecule has 0 aliphatic carbocycles. The predicted molar refractivity (Wildman–Crippen MR) is 271 cm³/mol. The van der Waals surface area contributed by atoms with Gasteiger partial charge < -0.3 is 64.0 Å². The third-order valence-electron chi connectivity index (χ3n) is 11.9. The summed E-state index contributed by atoms with van der Waals surface area (Å²) in [7, 11) is 0. The van der Waals surface area contributed by atoms with Gasteiger partial charge in [-0.2, -0.15) is 0 Å². The smallest absolute Gasteiger partial charge is 0.243 e. The summed E-state index contributed by atoms with van der Waals surface area (Å²) < 4.78 is 0. The van der Waals surface area contributed by atoms with Crippen LogP contribution < -0.4 is 54.0 Å². The third-order valence-corrected chi connectivity index (χ3v) is 12.2. The van der Waals surface area contributed by atoms with Gasteiger partial charge in [-0.1, -0.05) is 61.7 Å². The number of hydrogen-bond donors (Lipinski definition) is 12. The van der Waals surface area contributed by atoms with E-state index >= 15 is 0 Å². The van der Waals surface area contributed by atoms with Crippen molar-refractivity contribution in [1.29, 1.82) is 0 Å². The number of aliphatic imine (C=N–C) groups is 1. The van der Waals surface area contributed by atoms with Crippen molar-refractivity contribution in [1.82, 2.24) is 57.5 Å². The molecule has 72 heavy (non-hydrogen) atoms. The van der Waals surface area contributed by atoms with Crippen molar-refractivity contribution in [2.24, 2.45) is 16.5 Å². The number of aromatic nitrogens is 3. The molecule has 0 radical (unpaired) electrons. The van der Waals surface area contributed by atoms with Crippen molar-refractivity contribution in [3.8, 4) is 0 Å². The Hall–Kier alpha value is -7.49. The number of para-hydroxylation sites is 1. The van der Waals surface area contributed by atoms with Gasteiger partial charge in [0.1, 0.15) is 36.3 Å². The standard InChI is InChI=1S/C49H67ClN14O8/c1-3-4-12-36(59-29(2)65)44(68)64-41-25-42(66)54-19-8-5-9-20-55-43(67)39(23-31-26-57-35-13-7-6-11-34(31)35)62-45(69)37(14-10-21-56-49(51)52)60-46(70)38(22-30-15-17-32(50)18-16-30)61-47(71)40(63-48(41)72)24-33-27-53-28-58-33/h6-7,11,13,15-18,26-28,36-41,57H,3-5,8-10,12,14,19-25H2,1-2H3,(H,53,58)(H,54,66)(H,55,67)(H,59,65)(H,60,70)(H,61,71)(H,62,69)(H,63,72)(H,64,68)(H4,51,52,56)/t36-,37-,38+,39-,40-,41-/m0/s1. The van der Waals surface area contributed by atoms with Gasteiger partial charge in [-0.3, -0.25) is 43.3 Å². The second-order valence-corrected chi connectivity index (χ2v) is 18.2. The molecule has 23 heteroatoms. The minimum Gasteiger partial charge on any atom is -0.370 e. The Morgan fingerprint density at radius 2 is 1.43 bits per heavy atom. The predicted octanol–water partition coefficient (Wildman–Crippen LogP) is 0.551. The van der Waals surface area contributed by atoms with Gasteiger partial charge in [0.05, 0.1) is 12.7 Å². The molecule has 0 saturated carbocycles. The molecular formula is C49H67ClN14O8. The molecule has 2 aromatic heterocycles. The Kier molecular flexibility index (Phi) is 21.9. The number of imidazole rings is 1. The lowest BCUT2D eigenvalue weighted by Gasteiger charge is -2.27. The molecule has 5 rings (SSSR count). The zero-order valence-electron chi connectivity index (χ0n) is 40.6. The second-order valence-electron chi connectivity index (χ2n) is 17.7.